The molecule has 0 radical (unpaired) electrons. The van der Waals surface area contributed by atoms with Gasteiger partial charge in [-0.2, -0.15) is 0 Å². The van der Waals surface area contributed by atoms with E-state index in [-0.39, 0.29) is 18.9 Å². The fourth-order valence-corrected chi connectivity index (χ4v) is 10.3. The Balaban J connectivity index is 1.77. The molecule has 9 N–H and O–H groups in total. The molecule has 1 amide bonds. The van der Waals surface area contributed by atoms with Gasteiger partial charge in [0.25, 0.3) is 0 Å². The van der Waals surface area contributed by atoms with Crippen molar-refractivity contribution in [2.24, 2.45) is 0 Å². The average Bonchev–Trinajstić information content (AvgIpc) is 2.51. The van der Waals surface area contributed by atoms with E-state index in [9.17, 15) is 45.6 Å². The summed E-state index contributed by atoms with van der Waals surface area (Å²) in [5.74, 6) is -0.316. The number of ether oxygens (including phenoxy) is 4. The minimum Gasteiger partial charge on any atom is -0.394 e. The number of amides is 1. The highest BCUT2D eigenvalue weighted by Crippen LogP contribution is 2.30. The molecule has 2 aliphatic rings. The Hall–Kier alpha value is -4.13. The number of aliphatic hydroxyl groups is 8. The first-order chi connectivity index (χ1) is 43.6. The number of rotatable bonds is 54. The number of allylic oxidation sites excluding steroid dienone is 23. The number of hydrogen-bond acceptors (Lipinski definition) is 13. The number of hydrogen-bond donors (Lipinski definition) is 9. The first kappa shape index (κ1) is 81.0. The first-order valence-corrected chi connectivity index (χ1v) is 34.6. The highest BCUT2D eigenvalue weighted by molar-refractivity contribution is 5.76. The summed E-state index contributed by atoms with van der Waals surface area (Å²) < 4.78 is 22.8. The zero-order chi connectivity index (χ0) is 64.5. The maximum absolute atomic E-state index is 13.3. The molecule has 0 saturated carbocycles. The summed E-state index contributed by atoms with van der Waals surface area (Å²) in [6.07, 6.45) is 70.5. The van der Waals surface area contributed by atoms with Gasteiger partial charge in [-0.15, -0.1) is 0 Å². The van der Waals surface area contributed by atoms with Gasteiger partial charge in [0, 0.05) is 6.42 Å². The summed E-state index contributed by atoms with van der Waals surface area (Å²) in [7, 11) is 0. The molecule has 2 rings (SSSR count). The highest BCUT2D eigenvalue weighted by atomic mass is 16.7. The van der Waals surface area contributed by atoms with Crippen LogP contribution in [0.15, 0.2) is 146 Å². The molecule has 12 atom stereocenters. The molecule has 2 saturated heterocycles. The van der Waals surface area contributed by atoms with E-state index in [2.05, 4.69) is 147 Å². The van der Waals surface area contributed by atoms with E-state index in [1.807, 2.05) is 12.2 Å². The molecule has 0 aromatic rings. The summed E-state index contributed by atoms with van der Waals surface area (Å²) in [5.41, 5.74) is 0. The molecule has 2 heterocycles. The molecule has 0 aromatic carbocycles. The van der Waals surface area contributed by atoms with Gasteiger partial charge in [0.2, 0.25) is 5.91 Å². The average molecular weight is 1250 g/mol. The van der Waals surface area contributed by atoms with Crippen molar-refractivity contribution in [2.75, 3.05) is 19.8 Å². The van der Waals surface area contributed by atoms with E-state index >= 15 is 0 Å². The fourth-order valence-electron chi connectivity index (χ4n) is 10.3. The van der Waals surface area contributed by atoms with Crippen molar-refractivity contribution in [1.29, 1.82) is 0 Å². The second-order valence-corrected chi connectivity index (χ2v) is 23.5. The van der Waals surface area contributed by atoms with Gasteiger partial charge in [-0.3, -0.25) is 4.79 Å². The minimum atomic E-state index is -1.81. The summed E-state index contributed by atoms with van der Waals surface area (Å²) in [6, 6.07) is -0.982. The SMILES string of the molecule is CC/C=C\C/C=C\C/C=C\C/C=C\C/C=C\C/C=C\C/C=C\C/C=C\C/C=C\CCCC(=O)NC(COC1OC(CO)C(OC2OC(CO)C(O)C(O)C2O)C(O)C1O)C(O)/C=C/CC/C=C/CC/C=C/CCCCCCCCCCCCCCCCCC. The van der Waals surface area contributed by atoms with Crippen molar-refractivity contribution in [1.82, 2.24) is 5.32 Å². The molecule has 0 aliphatic carbocycles. The third-order valence-corrected chi connectivity index (χ3v) is 15.7. The van der Waals surface area contributed by atoms with Crippen molar-refractivity contribution in [3.05, 3.63) is 146 Å². The Morgan fingerprint density at radius 2 is 0.787 bits per heavy atom. The lowest BCUT2D eigenvalue weighted by molar-refractivity contribution is -0.359. The lowest BCUT2D eigenvalue weighted by Crippen LogP contribution is -2.65. The monoisotopic (exact) mass is 1250 g/mol. The standard InChI is InChI=1S/C75H123NO13/c1-3-5-7-9-11-13-15-17-19-21-23-25-27-29-31-32-33-35-37-39-41-43-45-47-49-51-53-55-57-59-67(80)76-63(62-86-74-72(85)70(83)73(66(61-78)88-74)89-75-71(84)69(82)68(81)65(60-77)87-75)64(79)58-56-54-52-50-48-46-44-42-40-38-36-34-30-28-26-24-22-20-18-16-14-12-10-8-6-4-2/h5,7,11,13,17,19,23,25,29,31,33,35,39-42,45,47-48,50-51,53,56,58,63-66,68-75,77-79,81-85H,3-4,6,8-10,12,14-16,18,20-22,24,26-28,30,32,34,36-38,43-44,46,49,52,54-55,57,59-62H2,1-2H3,(H,76,80)/b7-5-,13-11-,19-17-,25-23-,31-29-,35-33-,41-39-,42-40+,47-45-,50-48+,53-51-,58-56+. The van der Waals surface area contributed by atoms with Gasteiger partial charge in [0.1, 0.15) is 48.8 Å². The highest BCUT2D eigenvalue weighted by Gasteiger charge is 2.51. The molecule has 2 aliphatic heterocycles. The van der Waals surface area contributed by atoms with E-state index in [1.54, 1.807) is 6.08 Å². The number of carbonyl (C=O) groups is 1. The van der Waals surface area contributed by atoms with Crippen molar-refractivity contribution in [3.8, 4) is 0 Å². The maximum atomic E-state index is 13.3. The summed E-state index contributed by atoms with van der Waals surface area (Å²) in [5, 5.41) is 87.3. The molecule has 0 spiro atoms. The second kappa shape index (κ2) is 57.7. The van der Waals surface area contributed by atoms with Crippen LogP contribution in [-0.4, -0.2) is 140 Å². The quantitative estimate of drug-likeness (QED) is 0.0204. The van der Waals surface area contributed by atoms with Gasteiger partial charge < -0.3 is 65.1 Å². The third kappa shape index (κ3) is 41.9. The Labute approximate surface area is 538 Å². The molecule has 14 heteroatoms. The van der Waals surface area contributed by atoms with Crippen LogP contribution in [0.3, 0.4) is 0 Å². The first-order valence-electron chi connectivity index (χ1n) is 34.6. The van der Waals surface area contributed by atoms with Gasteiger partial charge in [-0.25, -0.2) is 0 Å². The Morgan fingerprint density at radius 3 is 1.24 bits per heavy atom. The van der Waals surface area contributed by atoms with Crippen LogP contribution in [0.5, 0.6) is 0 Å². The lowest BCUT2D eigenvalue weighted by atomic mass is 9.97. The van der Waals surface area contributed by atoms with Gasteiger partial charge >= 0.3 is 0 Å². The van der Waals surface area contributed by atoms with Crippen LogP contribution in [0.2, 0.25) is 0 Å². The molecule has 14 nitrogen and oxygen atoms in total. The molecule has 0 aromatic heterocycles. The second-order valence-electron chi connectivity index (χ2n) is 23.5. The van der Waals surface area contributed by atoms with Crippen LogP contribution in [0.1, 0.15) is 226 Å². The van der Waals surface area contributed by atoms with Crippen molar-refractivity contribution in [2.45, 2.75) is 299 Å². The Kier molecular flexibility index (Phi) is 52.5. The largest absolute Gasteiger partial charge is 0.394 e. The van der Waals surface area contributed by atoms with Crippen LogP contribution in [0, 0.1) is 0 Å². The molecule has 2 fully saturated rings. The predicted molar refractivity (Wildman–Crippen MR) is 364 cm³/mol. The summed E-state index contributed by atoms with van der Waals surface area (Å²) in [6.45, 7) is 2.62. The van der Waals surface area contributed by atoms with E-state index < -0.39 is 86.8 Å². The summed E-state index contributed by atoms with van der Waals surface area (Å²) >= 11 is 0. The fraction of sp³-hybridized carbons (Fsp3) is 0.667. The van der Waals surface area contributed by atoms with E-state index in [4.69, 9.17) is 18.9 Å². The Morgan fingerprint density at radius 1 is 0.416 bits per heavy atom. The molecular formula is C75H123NO13. The van der Waals surface area contributed by atoms with Crippen molar-refractivity contribution < 1.29 is 64.6 Å². The van der Waals surface area contributed by atoms with Gasteiger partial charge in [0.05, 0.1) is 32.0 Å². The van der Waals surface area contributed by atoms with Crippen LogP contribution >= 0.6 is 0 Å². The van der Waals surface area contributed by atoms with Crippen LogP contribution < -0.4 is 5.32 Å². The number of unbranched alkanes of at least 4 members (excludes halogenated alkanes) is 19. The number of aliphatic hydroxyl groups excluding tert-OH is 8. The zero-order valence-corrected chi connectivity index (χ0v) is 54.9. The molecule has 506 valence electrons. The topological polar surface area (TPSA) is 228 Å². The van der Waals surface area contributed by atoms with Gasteiger partial charge in [0.15, 0.2) is 12.6 Å². The number of nitrogens with one attached hydrogen (secondary N) is 1. The lowest BCUT2D eigenvalue weighted by Gasteiger charge is -2.46. The smallest absolute Gasteiger partial charge is 0.220 e. The van der Waals surface area contributed by atoms with E-state index in [0.29, 0.717) is 19.3 Å². The Bertz CT molecular complexity index is 2050. The minimum absolute atomic E-state index is 0.180. The van der Waals surface area contributed by atoms with E-state index in [0.717, 1.165) is 83.5 Å². The van der Waals surface area contributed by atoms with Crippen molar-refractivity contribution in [3.63, 3.8) is 0 Å². The molecule has 12 unspecified atom stereocenters. The third-order valence-electron chi connectivity index (χ3n) is 15.7. The van der Waals surface area contributed by atoms with Crippen molar-refractivity contribution >= 4 is 5.91 Å². The van der Waals surface area contributed by atoms with Gasteiger partial charge in [-0.05, 0) is 109 Å². The van der Waals surface area contributed by atoms with Gasteiger partial charge in [-0.1, -0.05) is 256 Å². The molecular weight excluding hydrogens is 1120 g/mol. The predicted octanol–water partition coefficient (Wildman–Crippen LogP) is 14.1. The normalized spacial score (nSPS) is 24.0. The van der Waals surface area contributed by atoms with Crippen LogP contribution in [0.25, 0.3) is 0 Å². The zero-order valence-electron chi connectivity index (χ0n) is 54.9. The maximum Gasteiger partial charge on any atom is 0.220 e. The van der Waals surface area contributed by atoms with Crippen LogP contribution in [-0.2, 0) is 23.7 Å². The molecule has 89 heavy (non-hydrogen) atoms. The summed E-state index contributed by atoms with van der Waals surface area (Å²) in [4.78, 5) is 13.3. The number of carbonyl (C=O) groups excluding carboxylic acids is 1. The molecule has 0 bridgehead atoms. The van der Waals surface area contributed by atoms with E-state index in [1.165, 1.54) is 103 Å². The van der Waals surface area contributed by atoms with Crippen LogP contribution in [0.4, 0.5) is 0 Å².